The van der Waals surface area contributed by atoms with Gasteiger partial charge in [-0.3, -0.25) is 5.41 Å². The average Bonchev–Trinajstić information content (AvgIpc) is 2.52. The topological polar surface area (TPSA) is 109 Å². The number of carbonyl (C=O) groups excluding carboxylic acids is 1. The number of nitrogens with two attached hydrogens (primary N) is 1. The second-order valence-electron chi connectivity index (χ2n) is 6.64. The van der Waals surface area contributed by atoms with E-state index >= 15 is 0 Å². The first-order valence-corrected chi connectivity index (χ1v) is 7.70. The van der Waals surface area contributed by atoms with Gasteiger partial charge in [-0.2, -0.15) is 0 Å². The molecule has 128 valence electrons. The predicted molar refractivity (Wildman–Crippen MR) is 92.4 cm³/mol. The number of nitrogens with one attached hydrogen (secondary N) is 1. The summed E-state index contributed by atoms with van der Waals surface area (Å²) >= 11 is 0. The van der Waals surface area contributed by atoms with Crippen LogP contribution in [0.3, 0.4) is 0 Å². The Morgan fingerprint density at radius 2 is 2.00 bits per heavy atom. The molecule has 0 radical (unpaired) electrons. The van der Waals surface area contributed by atoms with E-state index in [0.29, 0.717) is 29.8 Å². The maximum Gasteiger partial charge on any atom is 0.410 e. The number of nitroso groups, excluding NO2 is 1. The van der Waals surface area contributed by atoms with Gasteiger partial charge in [0.05, 0.1) is 12.3 Å². The van der Waals surface area contributed by atoms with E-state index in [2.05, 4.69) is 5.18 Å². The molecule has 1 heterocycles. The third-order valence-corrected chi connectivity index (χ3v) is 3.61. The average molecular weight is 330 g/mol. The van der Waals surface area contributed by atoms with Crippen LogP contribution in [0.1, 0.15) is 32.8 Å². The molecule has 0 spiro atoms. The molecule has 0 bridgehead atoms. The van der Waals surface area contributed by atoms with E-state index in [1.54, 1.807) is 45.0 Å². The number of carbonyl (C=O) groups is 1. The van der Waals surface area contributed by atoms with E-state index in [0.717, 1.165) is 0 Å². The number of hydrogen-bond acceptors (Lipinski definition) is 6. The monoisotopic (exact) mass is 330 g/mol. The summed E-state index contributed by atoms with van der Waals surface area (Å²) in [6, 6.07) is 6.66. The van der Waals surface area contributed by atoms with E-state index in [4.69, 9.17) is 15.9 Å². The van der Waals surface area contributed by atoms with Crippen molar-refractivity contribution in [2.45, 2.75) is 32.8 Å². The van der Waals surface area contributed by atoms with Gasteiger partial charge in [0.15, 0.2) is 0 Å². The molecule has 0 saturated carbocycles. The second kappa shape index (κ2) is 6.82. The number of rotatable bonds is 3. The fourth-order valence-electron chi connectivity index (χ4n) is 2.48. The lowest BCUT2D eigenvalue weighted by Crippen LogP contribution is -2.42. The van der Waals surface area contributed by atoms with Gasteiger partial charge in [-0.1, -0.05) is 18.2 Å². The number of benzene rings is 1. The molecule has 1 amide bonds. The van der Waals surface area contributed by atoms with Crippen LogP contribution in [-0.4, -0.2) is 35.4 Å². The molecule has 7 heteroatoms. The lowest BCUT2D eigenvalue weighted by Gasteiger charge is -2.31. The molecule has 1 aromatic rings. The molecular formula is C17H22N4O3. The molecule has 0 unspecified atom stereocenters. The summed E-state index contributed by atoms with van der Waals surface area (Å²) in [5.41, 5.74) is 7.39. The van der Waals surface area contributed by atoms with Crippen molar-refractivity contribution in [3.8, 4) is 0 Å². The standard InChI is InChI=1S/C17H22N4O3/c1-17(2,3)24-16(22)21-9-8-11(13(18)10-21)15(19)12-6-4-5-7-14(12)20-23/h4-7,19H,8-10,18H2,1-3H3. The molecule has 3 N–H and O–H groups in total. The van der Waals surface area contributed by atoms with Crippen LogP contribution in [-0.2, 0) is 4.74 Å². The van der Waals surface area contributed by atoms with Crippen molar-refractivity contribution in [1.82, 2.24) is 4.90 Å². The first-order chi connectivity index (χ1) is 11.2. The first kappa shape index (κ1) is 17.7. The third-order valence-electron chi connectivity index (χ3n) is 3.61. The summed E-state index contributed by atoms with van der Waals surface area (Å²) in [7, 11) is 0. The van der Waals surface area contributed by atoms with E-state index in [1.807, 2.05) is 0 Å². The highest BCUT2D eigenvalue weighted by molar-refractivity contribution is 6.14. The molecule has 0 fully saturated rings. The molecule has 24 heavy (non-hydrogen) atoms. The second-order valence-corrected chi connectivity index (χ2v) is 6.64. The van der Waals surface area contributed by atoms with Crippen molar-refractivity contribution in [2.75, 3.05) is 13.1 Å². The zero-order valence-electron chi connectivity index (χ0n) is 14.1. The summed E-state index contributed by atoms with van der Waals surface area (Å²) in [6.45, 7) is 6.02. The lowest BCUT2D eigenvalue weighted by molar-refractivity contribution is 0.0260. The van der Waals surface area contributed by atoms with Gasteiger partial charge in [0, 0.05) is 23.4 Å². The minimum Gasteiger partial charge on any atom is -0.444 e. The minimum atomic E-state index is -0.572. The van der Waals surface area contributed by atoms with Gasteiger partial charge in [0.2, 0.25) is 0 Å². The Bertz CT molecular complexity index is 704. The van der Waals surface area contributed by atoms with Crippen LogP contribution in [0.2, 0.25) is 0 Å². The molecule has 0 saturated heterocycles. The smallest absolute Gasteiger partial charge is 0.410 e. The van der Waals surface area contributed by atoms with Crippen LogP contribution in [0.5, 0.6) is 0 Å². The summed E-state index contributed by atoms with van der Waals surface area (Å²) in [5, 5.41) is 11.3. The maximum absolute atomic E-state index is 12.1. The van der Waals surface area contributed by atoms with Crippen molar-refractivity contribution < 1.29 is 9.53 Å². The van der Waals surface area contributed by atoms with Gasteiger partial charge in [-0.05, 0) is 38.4 Å². The predicted octanol–water partition coefficient (Wildman–Crippen LogP) is 3.31. The number of nitrogens with zero attached hydrogens (tertiary/aromatic N) is 2. The highest BCUT2D eigenvalue weighted by atomic mass is 16.6. The zero-order valence-corrected chi connectivity index (χ0v) is 14.1. The Morgan fingerprint density at radius 1 is 1.33 bits per heavy atom. The van der Waals surface area contributed by atoms with Crippen molar-refractivity contribution in [3.63, 3.8) is 0 Å². The van der Waals surface area contributed by atoms with Crippen LogP contribution in [0.15, 0.2) is 40.7 Å². The summed E-state index contributed by atoms with van der Waals surface area (Å²) in [6.07, 6.45) is 0.00267. The quantitative estimate of drug-likeness (QED) is 0.654. The van der Waals surface area contributed by atoms with Crippen LogP contribution >= 0.6 is 0 Å². The lowest BCUT2D eigenvalue weighted by atomic mass is 9.94. The molecule has 0 aromatic heterocycles. The first-order valence-electron chi connectivity index (χ1n) is 7.70. The van der Waals surface area contributed by atoms with Gasteiger partial charge in [0.1, 0.15) is 11.3 Å². The van der Waals surface area contributed by atoms with Crippen LogP contribution < -0.4 is 5.73 Å². The Kier molecular flexibility index (Phi) is 5.02. The summed E-state index contributed by atoms with van der Waals surface area (Å²) in [4.78, 5) is 24.5. The highest BCUT2D eigenvalue weighted by Crippen LogP contribution is 2.26. The van der Waals surface area contributed by atoms with Gasteiger partial charge < -0.3 is 15.4 Å². The Balaban J connectivity index is 2.19. The van der Waals surface area contributed by atoms with E-state index in [1.165, 1.54) is 4.90 Å². The van der Waals surface area contributed by atoms with E-state index in [9.17, 15) is 9.70 Å². The molecule has 1 aliphatic heterocycles. The summed E-state index contributed by atoms with van der Waals surface area (Å²) < 4.78 is 5.34. The zero-order chi connectivity index (χ0) is 17.9. The molecule has 0 atom stereocenters. The number of hydrogen-bond donors (Lipinski definition) is 2. The fourth-order valence-corrected chi connectivity index (χ4v) is 2.48. The van der Waals surface area contributed by atoms with E-state index < -0.39 is 11.7 Å². The molecule has 0 aliphatic carbocycles. The Morgan fingerprint density at radius 3 is 2.58 bits per heavy atom. The van der Waals surface area contributed by atoms with Gasteiger partial charge in [0.25, 0.3) is 0 Å². The van der Waals surface area contributed by atoms with Gasteiger partial charge >= 0.3 is 6.09 Å². The van der Waals surface area contributed by atoms with Crippen molar-refractivity contribution >= 4 is 17.5 Å². The van der Waals surface area contributed by atoms with Crippen molar-refractivity contribution in [2.24, 2.45) is 10.9 Å². The Hall–Kier alpha value is -2.70. The number of ether oxygens (including phenoxy) is 1. The normalized spacial score (nSPS) is 15.2. The number of amides is 1. The van der Waals surface area contributed by atoms with Gasteiger partial charge in [-0.15, -0.1) is 4.91 Å². The highest BCUT2D eigenvalue weighted by Gasteiger charge is 2.28. The molecule has 7 nitrogen and oxygen atoms in total. The fraction of sp³-hybridized carbons (Fsp3) is 0.412. The van der Waals surface area contributed by atoms with Crippen LogP contribution in [0.25, 0.3) is 0 Å². The maximum atomic E-state index is 12.1. The Labute approximate surface area is 141 Å². The molecular weight excluding hydrogens is 308 g/mol. The van der Waals surface area contributed by atoms with E-state index in [-0.39, 0.29) is 17.9 Å². The third kappa shape index (κ3) is 3.98. The van der Waals surface area contributed by atoms with Crippen molar-refractivity contribution in [3.05, 3.63) is 46.0 Å². The van der Waals surface area contributed by atoms with Crippen molar-refractivity contribution in [1.29, 1.82) is 5.41 Å². The molecule has 1 aliphatic rings. The molecule has 1 aromatic carbocycles. The van der Waals surface area contributed by atoms with Gasteiger partial charge in [-0.25, -0.2) is 4.79 Å². The summed E-state index contributed by atoms with van der Waals surface area (Å²) in [5.74, 6) is 0. The molecule has 2 rings (SSSR count). The minimum absolute atomic E-state index is 0.173. The largest absolute Gasteiger partial charge is 0.444 e. The van der Waals surface area contributed by atoms with Crippen LogP contribution in [0, 0.1) is 10.3 Å². The van der Waals surface area contributed by atoms with Crippen LogP contribution in [0.4, 0.5) is 10.5 Å². The SMILES string of the molecule is CC(C)(C)OC(=O)N1CCC(C(=N)c2ccccc2N=O)=C(N)C1.